The number of nitrogens with one attached hydrogen (secondary N) is 1. The maximum absolute atomic E-state index is 6.28. The lowest BCUT2D eigenvalue weighted by atomic mass is 10.00. The van der Waals surface area contributed by atoms with E-state index in [0.717, 1.165) is 31.2 Å². The number of rotatable bonds is 2. The van der Waals surface area contributed by atoms with Gasteiger partial charge in [-0.3, -0.25) is 0 Å². The first-order valence-electron chi connectivity index (χ1n) is 7.16. The van der Waals surface area contributed by atoms with Gasteiger partial charge < -0.3 is 10.1 Å². The third kappa shape index (κ3) is 2.39. The lowest BCUT2D eigenvalue weighted by Gasteiger charge is -2.27. The molecule has 1 fully saturated rings. The van der Waals surface area contributed by atoms with Gasteiger partial charge in [-0.1, -0.05) is 13.0 Å². The van der Waals surface area contributed by atoms with Gasteiger partial charge in [0, 0.05) is 6.54 Å². The van der Waals surface area contributed by atoms with E-state index in [4.69, 9.17) is 4.74 Å². The molecule has 0 bridgehead atoms. The van der Waals surface area contributed by atoms with Crippen LogP contribution in [-0.2, 0) is 13.0 Å². The van der Waals surface area contributed by atoms with Gasteiger partial charge in [0.05, 0.1) is 0 Å². The van der Waals surface area contributed by atoms with Crippen molar-refractivity contribution in [1.29, 1.82) is 0 Å². The minimum atomic E-state index is 0.0561. The Morgan fingerprint density at radius 2 is 2.22 bits per heavy atom. The van der Waals surface area contributed by atoms with Crippen molar-refractivity contribution in [3.63, 3.8) is 0 Å². The van der Waals surface area contributed by atoms with Crippen molar-refractivity contribution < 1.29 is 4.74 Å². The van der Waals surface area contributed by atoms with Crippen molar-refractivity contribution in [2.45, 2.75) is 51.7 Å². The molecule has 3 rings (SSSR count). The molecule has 0 radical (unpaired) electrons. The molecule has 1 aliphatic carbocycles. The molecule has 1 aromatic carbocycles. The van der Waals surface area contributed by atoms with E-state index in [1.54, 1.807) is 0 Å². The van der Waals surface area contributed by atoms with Gasteiger partial charge in [-0.2, -0.15) is 0 Å². The normalized spacial score (nSPS) is 31.1. The minimum absolute atomic E-state index is 0.0561. The van der Waals surface area contributed by atoms with Crippen LogP contribution in [-0.4, -0.2) is 12.1 Å². The monoisotopic (exact) mass is 245 g/mol. The summed E-state index contributed by atoms with van der Waals surface area (Å²) < 4.78 is 6.28. The predicted molar refractivity (Wildman–Crippen MR) is 73.9 cm³/mol. The third-order valence-electron chi connectivity index (χ3n) is 4.37. The van der Waals surface area contributed by atoms with Crippen molar-refractivity contribution in [3.8, 4) is 5.75 Å². The van der Waals surface area contributed by atoms with E-state index >= 15 is 0 Å². The summed E-state index contributed by atoms with van der Waals surface area (Å²) >= 11 is 0. The molecule has 0 amide bonds. The summed E-state index contributed by atoms with van der Waals surface area (Å²) in [5.74, 6) is 1.86. The number of hydrogen-bond donors (Lipinski definition) is 1. The minimum Gasteiger partial charge on any atom is -0.488 e. The molecule has 2 aliphatic rings. The van der Waals surface area contributed by atoms with E-state index < -0.39 is 0 Å². The standard InChI is InChI=1S/C16H23NO/c1-12-5-7-16(2,10-12)18-15-4-3-14-11-17-8-6-13(14)9-15/h3-4,9,12,17H,5-8,10-11H2,1-2H3. The molecule has 98 valence electrons. The fourth-order valence-corrected chi connectivity index (χ4v) is 3.39. The van der Waals surface area contributed by atoms with Crippen LogP contribution in [0, 0.1) is 5.92 Å². The van der Waals surface area contributed by atoms with Crippen LogP contribution in [0.3, 0.4) is 0 Å². The highest BCUT2D eigenvalue weighted by atomic mass is 16.5. The zero-order valence-electron chi connectivity index (χ0n) is 11.5. The second kappa shape index (κ2) is 4.58. The second-order valence-electron chi connectivity index (χ2n) is 6.26. The first-order chi connectivity index (χ1) is 8.65. The molecule has 2 heteroatoms. The first-order valence-corrected chi connectivity index (χ1v) is 7.16. The van der Waals surface area contributed by atoms with Crippen LogP contribution < -0.4 is 10.1 Å². The Morgan fingerprint density at radius 3 is 3.00 bits per heavy atom. The van der Waals surface area contributed by atoms with Crippen LogP contribution in [0.4, 0.5) is 0 Å². The molecule has 18 heavy (non-hydrogen) atoms. The zero-order chi connectivity index (χ0) is 12.6. The fourth-order valence-electron chi connectivity index (χ4n) is 3.39. The highest BCUT2D eigenvalue weighted by Crippen LogP contribution is 2.38. The van der Waals surface area contributed by atoms with Crippen LogP contribution in [0.2, 0.25) is 0 Å². The van der Waals surface area contributed by atoms with Gasteiger partial charge in [-0.25, -0.2) is 0 Å². The van der Waals surface area contributed by atoms with Crippen LogP contribution >= 0.6 is 0 Å². The molecule has 0 spiro atoms. The molecule has 2 atom stereocenters. The summed E-state index contributed by atoms with van der Waals surface area (Å²) in [7, 11) is 0. The summed E-state index contributed by atoms with van der Waals surface area (Å²) in [4.78, 5) is 0. The Labute approximate surface area is 110 Å². The van der Waals surface area contributed by atoms with Crippen LogP contribution in [0.15, 0.2) is 18.2 Å². The molecule has 0 saturated heterocycles. The molecule has 2 nitrogen and oxygen atoms in total. The van der Waals surface area contributed by atoms with Crippen molar-refractivity contribution in [1.82, 2.24) is 5.32 Å². The average Bonchev–Trinajstić information content (AvgIpc) is 2.69. The molecule has 1 saturated carbocycles. The van der Waals surface area contributed by atoms with E-state index in [9.17, 15) is 0 Å². The number of ether oxygens (including phenoxy) is 1. The topological polar surface area (TPSA) is 21.3 Å². The molecule has 1 N–H and O–H groups in total. The van der Waals surface area contributed by atoms with Crippen molar-refractivity contribution in [3.05, 3.63) is 29.3 Å². The summed E-state index contributed by atoms with van der Waals surface area (Å²) in [5, 5.41) is 3.41. The van der Waals surface area contributed by atoms with Gasteiger partial charge >= 0.3 is 0 Å². The Balaban J connectivity index is 1.77. The molecular weight excluding hydrogens is 222 g/mol. The predicted octanol–water partition coefficient (Wildman–Crippen LogP) is 3.29. The third-order valence-corrected chi connectivity index (χ3v) is 4.37. The van der Waals surface area contributed by atoms with Gasteiger partial charge in [0.1, 0.15) is 11.4 Å². The van der Waals surface area contributed by atoms with Crippen LogP contribution in [0.1, 0.15) is 44.2 Å². The average molecular weight is 245 g/mol. The Bertz CT molecular complexity index is 443. The summed E-state index contributed by atoms with van der Waals surface area (Å²) in [5.41, 5.74) is 2.94. The zero-order valence-corrected chi connectivity index (χ0v) is 11.5. The smallest absolute Gasteiger partial charge is 0.120 e. The molecule has 1 aliphatic heterocycles. The summed E-state index contributed by atoms with van der Waals surface area (Å²) in [6.07, 6.45) is 4.80. The maximum atomic E-state index is 6.28. The van der Waals surface area contributed by atoms with Crippen LogP contribution in [0.5, 0.6) is 5.75 Å². The maximum Gasteiger partial charge on any atom is 0.120 e. The summed E-state index contributed by atoms with van der Waals surface area (Å²) in [6, 6.07) is 6.61. The lowest BCUT2D eigenvalue weighted by Crippen LogP contribution is -2.29. The molecule has 1 heterocycles. The quantitative estimate of drug-likeness (QED) is 0.863. The van der Waals surface area contributed by atoms with Crippen LogP contribution in [0.25, 0.3) is 0 Å². The molecular formula is C16H23NO. The Morgan fingerprint density at radius 1 is 1.33 bits per heavy atom. The van der Waals surface area contributed by atoms with E-state index in [1.165, 1.54) is 30.4 Å². The van der Waals surface area contributed by atoms with E-state index in [0.29, 0.717) is 0 Å². The van der Waals surface area contributed by atoms with Gasteiger partial charge in [0.2, 0.25) is 0 Å². The van der Waals surface area contributed by atoms with Crippen molar-refractivity contribution >= 4 is 0 Å². The largest absolute Gasteiger partial charge is 0.488 e. The number of benzene rings is 1. The van der Waals surface area contributed by atoms with Crippen molar-refractivity contribution in [2.75, 3.05) is 6.54 Å². The molecule has 0 aromatic heterocycles. The highest BCUT2D eigenvalue weighted by Gasteiger charge is 2.35. The summed E-state index contributed by atoms with van der Waals surface area (Å²) in [6.45, 7) is 6.68. The fraction of sp³-hybridized carbons (Fsp3) is 0.625. The van der Waals surface area contributed by atoms with E-state index in [-0.39, 0.29) is 5.60 Å². The Hall–Kier alpha value is -1.02. The molecule has 1 aromatic rings. The lowest BCUT2D eigenvalue weighted by molar-refractivity contribution is 0.0927. The highest BCUT2D eigenvalue weighted by molar-refractivity contribution is 5.37. The van der Waals surface area contributed by atoms with Gasteiger partial charge in [-0.15, -0.1) is 0 Å². The second-order valence-corrected chi connectivity index (χ2v) is 6.26. The van der Waals surface area contributed by atoms with Crippen molar-refractivity contribution in [2.24, 2.45) is 5.92 Å². The van der Waals surface area contributed by atoms with E-state index in [1.807, 2.05) is 0 Å². The SMILES string of the molecule is CC1CCC(C)(Oc2ccc3c(c2)CCNC3)C1. The number of fused-ring (bicyclic) bond motifs is 1. The van der Waals surface area contributed by atoms with Gasteiger partial charge in [0.15, 0.2) is 0 Å². The van der Waals surface area contributed by atoms with Gasteiger partial charge in [0.25, 0.3) is 0 Å². The first kappa shape index (κ1) is 12.0. The number of hydrogen-bond acceptors (Lipinski definition) is 2. The molecule has 2 unspecified atom stereocenters. The van der Waals surface area contributed by atoms with Gasteiger partial charge in [-0.05, 0) is 68.3 Å². The Kier molecular flexibility index (Phi) is 3.06. The van der Waals surface area contributed by atoms with E-state index in [2.05, 4.69) is 37.4 Å².